The van der Waals surface area contributed by atoms with Crippen molar-refractivity contribution in [3.05, 3.63) is 59.2 Å². The molecule has 2 aromatic carbocycles. The SMILES string of the molecule is CN(C[C@@](C)(O)C(=O)Nc1ccc(C#N)c(C(F)(F)F)c1)c1ccc(C#N)cc1. The van der Waals surface area contributed by atoms with E-state index in [2.05, 4.69) is 5.32 Å². The number of halogens is 3. The maximum Gasteiger partial charge on any atom is 0.417 e. The van der Waals surface area contributed by atoms with E-state index in [1.54, 1.807) is 36.2 Å². The van der Waals surface area contributed by atoms with Gasteiger partial charge in [0.2, 0.25) is 0 Å². The fourth-order valence-corrected chi connectivity index (χ4v) is 2.64. The van der Waals surface area contributed by atoms with Gasteiger partial charge in [-0.15, -0.1) is 0 Å². The Kier molecular flexibility index (Phi) is 6.15. The van der Waals surface area contributed by atoms with Gasteiger partial charge in [-0.1, -0.05) is 0 Å². The van der Waals surface area contributed by atoms with Crippen LogP contribution in [0.2, 0.25) is 0 Å². The first kappa shape index (κ1) is 21.7. The Morgan fingerprint density at radius 3 is 2.28 bits per heavy atom. The van der Waals surface area contributed by atoms with E-state index in [4.69, 9.17) is 10.5 Å². The Balaban J connectivity index is 2.16. The summed E-state index contributed by atoms with van der Waals surface area (Å²) < 4.78 is 39.2. The lowest BCUT2D eigenvalue weighted by Gasteiger charge is -2.29. The quantitative estimate of drug-likeness (QED) is 0.800. The Bertz CT molecular complexity index is 987. The molecule has 0 aliphatic rings. The van der Waals surface area contributed by atoms with E-state index in [9.17, 15) is 23.1 Å². The molecule has 0 unspecified atom stereocenters. The van der Waals surface area contributed by atoms with Crippen LogP contribution in [0.4, 0.5) is 24.5 Å². The van der Waals surface area contributed by atoms with Crippen molar-refractivity contribution < 1.29 is 23.1 Å². The van der Waals surface area contributed by atoms with E-state index < -0.39 is 28.8 Å². The largest absolute Gasteiger partial charge is 0.417 e. The molecule has 0 bridgehead atoms. The number of benzene rings is 2. The summed E-state index contributed by atoms with van der Waals surface area (Å²) in [4.78, 5) is 14.0. The van der Waals surface area contributed by atoms with E-state index in [0.29, 0.717) is 17.3 Å². The van der Waals surface area contributed by atoms with Crippen molar-refractivity contribution in [2.75, 3.05) is 23.8 Å². The van der Waals surface area contributed by atoms with Crippen molar-refractivity contribution in [2.24, 2.45) is 0 Å². The number of hydrogen-bond acceptors (Lipinski definition) is 5. The second kappa shape index (κ2) is 8.21. The summed E-state index contributed by atoms with van der Waals surface area (Å²) in [5.74, 6) is -0.907. The number of anilines is 2. The molecule has 0 heterocycles. The lowest BCUT2D eigenvalue weighted by Crippen LogP contribution is -2.48. The Morgan fingerprint density at radius 2 is 1.76 bits per heavy atom. The lowest BCUT2D eigenvalue weighted by atomic mass is 10.0. The van der Waals surface area contributed by atoms with Crippen molar-refractivity contribution in [1.82, 2.24) is 0 Å². The van der Waals surface area contributed by atoms with Crippen molar-refractivity contribution >= 4 is 17.3 Å². The number of rotatable bonds is 5. The van der Waals surface area contributed by atoms with Gasteiger partial charge in [-0.05, 0) is 49.4 Å². The highest BCUT2D eigenvalue weighted by atomic mass is 19.4. The zero-order chi connectivity index (χ0) is 21.8. The molecule has 0 aromatic heterocycles. The second-order valence-electron chi connectivity index (χ2n) is 6.61. The fraction of sp³-hybridized carbons (Fsp3) is 0.250. The van der Waals surface area contributed by atoms with Crippen LogP contribution < -0.4 is 10.2 Å². The first-order chi connectivity index (χ1) is 13.5. The van der Waals surface area contributed by atoms with E-state index >= 15 is 0 Å². The Morgan fingerprint density at radius 1 is 1.14 bits per heavy atom. The fourth-order valence-electron chi connectivity index (χ4n) is 2.64. The lowest BCUT2D eigenvalue weighted by molar-refractivity contribution is -0.138. The number of likely N-dealkylation sites (N-methyl/N-ethyl adjacent to an activating group) is 1. The zero-order valence-electron chi connectivity index (χ0n) is 15.6. The molecule has 0 spiro atoms. The van der Waals surface area contributed by atoms with Gasteiger partial charge in [0.1, 0.15) is 0 Å². The molecule has 9 heteroatoms. The van der Waals surface area contributed by atoms with E-state index in [1.807, 2.05) is 6.07 Å². The molecule has 0 saturated heterocycles. The number of carbonyl (C=O) groups is 1. The van der Waals surface area contributed by atoms with Crippen LogP contribution in [-0.4, -0.2) is 30.2 Å². The van der Waals surface area contributed by atoms with Crippen molar-refractivity contribution in [3.63, 3.8) is 0 Å². The number of nitriles is 2. The first-order valence-corrected chi connectivity index (χ1v) is 8.34. The number of nitrogens with zero attached hydrogens (tertiary/aromatic N) is 3. The normalized spacial score (nSPS) is 13.0. The number of hydrogen-bond donors (Lipinski definition) is 2. The van der Waals surface area contributed by atoms with Gasteiger partial charge in [0.15, 0.2) is 5.60 Å². The number of carbonyl (C=O) groups excluding carboxylic acids is 1. The summed E-state index contributed by atoms with van der Waals surface area (Å²) in [5, 5.41) is 30.4. The summed E-state index contributed by atoms with van der Waals surface area (Å²) >= 11 is 0. The third kappa shape index (κ3) is 5.24. The second-order valence-corrected chi connectivity index (χ2v) is 6.61. The zero-order valence-corrected chi connectivity index (χ0v) is 15.6. The van der Waals surface area contributed by atoms with Gasteiger partial charge in [0, 0.05) is 18.4 Å². The molecule has 29 heavy (non-hydrogen) atoms. The van der Waals surface area contributed by atoms with Crippen LogP contribution >= 0.6 is 0 Å². The molecule has 0 radical (unpaired) electrons. The number of nitrogens with one attached hydrogen (secondary N) is 1. The molecule has 150 valence electrons. The van der Waals surface area contributed by atoms with Gasteiger partial charge in [-0.25, -0.2) is 0 Å². The summed E-state index contributed by atoms with van der Waals surface area (Å²) in [6.45, 7) is 1.07. The average molecular weight is 402 g/mol. The van der Waals surface area contributed by atoms with Crippen molar-refractivity contribution in [2.45, 2.75) is 18.7 Å². The maximum atomic E-state index is 13.1. The summed E-state index contributed by atoms with van der Waals surface area (Å²) in [6, 6.07) is 12.6. The van der Waals surface area contributed by atoms with E-state index in [-0.39, 0.29) is 12.2 Å². The number of alkyl halides is 3. The minimum absolute atomic E-state index is 0.160. The van der Waals surface area contributed by atoms with Gasteiger partial charge < -0.3 is 15.3 Å². The van der Waals surface area contributed by atoms with Gasteiger partial charge >= 0.3 is 6.18 Å². The molecule has 0 aliphatic heterocycles. The third-order valence-corrected chi connectivity index (χ3v) is 4.17. The highest BCUT2D eigenvalue weighted by Gasteiger charge is 2.35. The van der Waals surface area contributed by atoms with Gasteiger partial charge in [-0.3, -0.25) is 4.79 Å². The van der Waals surface area contributed by atoms with Crippen LogP contribution in [0.5, 0.6) is 0 Å². The predicted octanol–water partition coefficient (Wildman–Crippen LogP) is 3.27. The molecular weight excluding hydrogens is 385 g/mol. The standard InChI is InChI=1S/C20H17F3N4O2/c1-19(29,12-27(2)16-7-3-13(10-24)4-8-16)18(28)26-15-6-5-14(11-25)17(9-15)20(21,22)23/h3-9,29H,12H2,1-2H3,(H,26,28)/t19-/m1/s1. The molecule has 2 rings (SSSR count). The molecule has 1 atom stereocenters. The monoisotopic (exact) mass is 402 g/mol. The minimum Gasteiger partial charge on any atom is -0.378 e. The number of aliphatic hydroxyl groups is 1. The molecule has 0 aliphatic carbocycles. The molecular formula is C20H17F3N4O2. The third-order valence-electron chi connectivity index (χ3n) is 4.17. The van der Waals surface area contributed by atoms with E-state index in [1.165, 1.54) is 13.0 Å². The topological polar surface area (TPSA) is 100 Å². The maximum absolute atomic E-state index is 13.1. The van der Waals surface area contributed by atoms with Crippen LogP contribution in [-0.2, 0) is 11.0 Å². The summed E-state index contributed by atoms with van der Waals surface area (Å²) in [5.41, 5.74) is -2.78. The van der Waals surface area contributed by atoms with Crippen LogP contribution in [0, 0.1) is 22.7 Å². The van der Waals surface area contributed by atoms with Gasteiger partial charge in [0.05, 0.1) is 35.4 Å². The number of amides is 1. The molecule has 2 aromatic rings. The van der Waals surface area contributed by atoms with Crippen LogP contribution in [0.3, 0.4) is 0 Å². The van der Waals surface area contributed by atoms with Crippen LogP contribution in [0.15, 0.2) is 42.5 Å². The predicted molar refractivity (Wildman–Crippen MR) is 99.8 cm³/mol. The average Bonchev–Trinajstić information content (AvgIpc) is 2.66. The molecule has 0 fully saturated rings. The Labute approximate surface area is 165 Å². The van der Waals surface area contributed by atoms with Gasteiger partial charge in [-0.2, -0.15) is 23.7 Å². The van der Waals surface area contributed by atoms with Gasteiger partial charge in [0.25, 0.3) is 5.91 Å². The van der Waals surface area contributed by atoms with Crippen LogP contribution in [0.1, 0.15) is 23.6 Å². The van der Waals surface area contributed by atoms with Crippen molar-refractivity contribution in [3.8, 4) is 12.1 Å². The minimum atomic E-state index is -4.76. The first-order valence-electron chi connectivity index (χ1n) is 8.34. The highest BCUT2D eigenvalue weighted by Crippen LogP contribution is 2.33. The molecule has 0 saturated carbocycles. The molecule has 1 amide bonds. The highest BCUT2D eigenvalue weighted by molar-refractivity contribution is 5.97. The summed E-state index contributed by atoms with van der Waals surface area (Å²) in [6.07, 6.45) is -4.76. The smallest absolute Gasteiger partial charge is 0.378 e. The molecule has 2 N–H and O–H groups in total. The van der Waals surface area contributed by atoms with Crippen LogP contribution in [0.25, 0.3) is 0 Å². The molecule has 6 nitrogen and oxygen atoms in total. The summed E-state index contributed by atoms with van der Waals surface area (Å²) in [7, 11) is 1.62. The van der Waals surface area contributed by atoms with Crippen molar-refractivity contribution in [1.29, 1.82) is 10.5 Å². The van der Waals surface area contributed by atoms with E-state index in [0.717, 1.165) is 12.1 Å². The Hall–Kier alpha value is -3.56.